The molecule has 1 aromatic carbocycles. The summed E-state index contributed by atoms with van der Waals surface area (Å²) in [5, 5.41) is 4.44. The summed E-state index contributed by atoms with van der Waals surface area (Å²) in [6, 6.07) is 10.2. The first kappa shape index (κ1) is 12.5. The van der Waals surface area contributed by atoms with Gasteiger partial charge in [0, 0.05) is 36.1 Å². The number of pyridine rings is 1. The zero-order valence-corrected chi connectivity index (χ0v) is 11.4. The van der Waals surface area contributed by atoms with Crippen LogP contribution in [0.4, 0.5) is 5.82 Å². The molecule has 3 rings (SSSR count). The Labute approximate surface area is 117 Å². The van der Waals surface area contributed by atoms with Crippen molar-refractivity contribution in [2.24, 2.45) is 0 Å². The van der Waals surface area contributed by atoms with Crippen molar-refractivity contribution in [2.45, 2.75) is 13.3 Å². The van der Waals surface area contributed by atoms with Crippen molar-refractivity contribution in [2.75, 3.05) is 11.9 Å². The molecule has 0 aliphatic heterocycles. The summed E-state index contributed by atoms with van der Waals surface area (Å²) in [5.74, 6) is 0.824. The Morgan fingerprint density at radius 1 is 1.00 bits per heavy atom. The molecule has 4 nitrogen and oxygen atoms in total. The molecule has 0 saturated heterocycles. The van der Waals surface area contributed by atoms with Crippen LogP contribution in [0.15, 0.2) is 48.9 Å². The van der Waals surface area contributed by atoms with Gasteiger partial charge in [-0.15, -0.1) is 0 Å². The second-order valence-electron chi connectivity index (χ2n) is 4.59. The lowest BCUT2D eigenvalue weighted by Crippen LogP contribution is -2.04. The van der Waals surface area contributed by atoms with Crippen LogP contribution in [0, 0.1) is 0 Å². The van der Waals surface area contributed by atoms with Crippen molar-refractivity contribution in [3.8, 4) is 11.3 Å². The SMILES string of the molecule is CCCNc1nccnc1-c1ccc2cccnc2c1. The van der Waals surface area contributed by atoms with Crippen molar-refractivity contribution in [3.05, 3.63) is 48.9 Å². The molecule has 100 valence electrons. The van der Waals surface area contributed by atoms with Crippen LogP contribution in [0.1, 0.15) is 13.3 Å². The van der Waals surface area contributed by atoms with Crippen molar-refractivity contribution in [1.82, 2.24) is 15.0 Å². The largest absolute Gasteiger partial charge is 0.368 e. The van der Waals surface area contributed by atoms with E-state index < -0.39 is 0 Å². The monoisotopic (exact) mass is 264 g/mol. The molecule has 0 atom stereocenters. The molecule has 1 N–H and O–H groups in total. The Morgan fingerprint density at radius 2 is 1.90 bits per heavy atom. The van der Waals surface area contributed by atoms with E-state index in [9.17, 15) is 0 Å². The molecular formula is C16H16N4. The molecule has 0 aliphatic carbocycles. The van der Waals surface area contributed by atoms with Gasteiger partial charge in [-0.25, -0.2) is 4.98 Å². The second kappa shape index (κ2) is 5.65. The molecule has 20 heavy (non-hydrogen) atoms. The van der Waals surface area contributed by atoms with E-state index in [0.29, 0.717) is 0 Å². The number of fused-ring (bicyclic) bond motifs is 1. The summed E-state index contributed by atoms with van der Waals surface area (Å²) in [7, 11) is 0. The van der Waals surface area contributed by atoms with Crippen LogP contribution in [0.2, 0.25) is 0 Å². The maximum atomic E-state index is 4.46. The highest BCUT2D eigenvalue weighted by Gasteiger charge is 2.08. The summed E-state index contributed by atoms with van der Waals surface area (Å²) in [6.07, 6.45) is 6.28. The number of nitrogens with one attached hydrogen (secondary N) is 1. The molecule has 3 aromatic rings. The van der Waals surface area contributed by atoms with Gasteiger partial charge in [0.1, 0.15) is 5.69 Å². The van der Waals surface area contributed by atoms with Gasteiger partial charge in [-0.05, 0) is 18.6 Å². The van der Waals surface area contributed by atoms with Gasteiger partial charge in [0.15, 0.2) is 5.82 Å². The number of benzene rings is 1. The number of nitrogens with zero attached hydrogens (tertiary/aromatic N) is 3. The molecule has 0 saturated carbocycles. The van der Waals surface area contributed by atoms with Gasteiger partial charge < -0.3 is 5.32 Å². The molecule has 0 radical (unpaired) electrons. The van der Waals surface area contributed by atoms with Gasteiger partial charge in [0.25, 0.3) is 0 Å². The highest BCUT2D eigenvalue weighted by atomic mass is 15.0. The Morgan fingerprint density at radius 3 is 2.80 bits per heavy atom. The Balaban J connectivity index is 2.06. The molecule has 2 aromatic heterocycles. The highest BCUT2D eigenvalue weighted by Crippen LogP contribution is 2.26. The summed E-state index contributed by atoms with van der Waals surface area (Å²) >= 11 is 0. The number of aromatic nitrogens is 3. The molecule has 0 unspecified atom stereocenters. The third-order valence-corrected chi connectivity index (χ3v) is 3.12. The summed E-state index contributed by atoms with van der Waals surface area (Å²) < 4.78 is 0. The summed E-state index contributed by atoms with van der Waals surface area (Å²) in [5.41, 5.74) is 2.87. The zero-order valence-electron chi connectivity index (χ0n) is 11.4. The lowest BCUT2D eigenvalue weighted by atomic mass is 10.1. The van der Waals surface area contributed by atoms with Gasteiger partial charge >= 0.3 is 0 Å². The van der Waals surface area contributed by atoms with E-state index >= 15 is 0 Å². The van der Waals surface area contributed by atoms with E-state index in [1.807, 2.05) is 6.07 Å². The van der Waals surface area contributed by atoms with E-state index in [4.69, 9.17) is 0 Å². The molecule has 4 heteroatoms. The minimum atomic E-state index is 0.824. The van der Waals surface area contributed by atoms with Crippen LogP contribution < -0.4 is 5.32 Å². The van der Waals surface area contributed by atoms with Crippen LogP contribution in [0.5, 0.6) is 0 Å². The Bertz CT molecular complexity index is 724. The van der Waals surface area contributed by atoms with Crippen molar-refractivity contribution >= 4 is 16.7 Å². The van der Waals surface area contributed by atoms with Crippen LogP contribution in [-0.4, -0.2) is 21.5 Å². The van der Waals surface area contributed by atoms with Crippen LogP contribution in [0.25, 0.3) is 22.2 Å². The lowest BCUT2D eigenvalue weighted by Gasteiger charge is -2.09. The Hall–Kier alpha value is -2.49. The maximum absolute atomic E-state index is 4.46. The maximum Gasteiger partial charge on any atom is 0.152 e. The van der Waals surface area contributed by atoms with Crippen LogP contribution >= 0.6 is 0 Å². The second-order valence-corrected chi connectivity index (χ2v) is 4.59. The van der Waals surface area contributed by atoms with Gasteiger partial charge in [-0.2, -0.15) is 0 Å². The molecule has 0 aliphatic rings. The zero-order chi connectivity index (χ0) is 13.8. The molecule has 2 heterocycles. The lowest BCUT2D eigenvalue weighted by molar-refractivity contribution is 0.966. The predicted octanol–water partition coefficient (Wildman–Crippen LogP) is 3.51. The quantitative estimate of drug-likeness (QED) is 0.783. The molecule has 0 spiro atoms. The topological polar surface area (TPSA) is 50.7 Å². The normalized spacial score (nSPS) is 10.7. The van der Waals surface area contributed by atoms with Crippen molar-refractivity contribution in [1.29, 1.82) is 0 Å². The average Bonchev–Trinajstić information content (AvgIpc) is 2.53. The van der Waals surface area contributed by atoms with Gasteiger partial charge in [-0.1, -0.05) is 25.1 Å². The fraction of sp³-hybridized carbons (Fsp3) is 0.188. The van der Waals surface area contributed by atoms with E-state index in [1.54, 1.807) is 18.6 Å². The molecule has 0 bridgehead atoms. The predicted molar refractivity (Wildman–Crippen MR) is 81.5 cm³/mol. The van der Waals surface area contributed by atoms with E-state index in [0.717, 1.165) is 40.9 Å². The molecular weight excluding hydrogens is 248 g/mol. The number of hydrogen-bond donors (Lipinski definition) is 1. The van der Waals surface area contributed by atoms with Crippen molar-refractivity contribution < 1.29 is 0 Å². The first-order chi connectivity index (χ1) is 9.88. The fourth-order valence-electron chi connectivity index (χ4n) is 2.14. The number of hydrogen-bond acceptors (Lipinski definition) is 4. The third-order valence-electron chi connectivity index (χ3n) is 3.12. The highest BCUT2D eigenvalue weighted by molar-refractivity contribution is 5.85. The van der Waals surface area contributed by atoms with E-state index in [-0.39, 0.29) is 0 Å². The standard InChI is InChI=1S/C16H16N4/c1-2-7-19-16-15(18-9-10-20-16)13-6-5-12-4-3-8-17-14(12)11-13/h3-6,8-11H,2,7H2,1H3,(H,19,20). The summed E-state index contributed by atoms with van der Waals surface area (Å²) in [4.78, 5) is 13.2. The Kier molecular flexibility index (Phi) is 3.54. The molecule has 0 amide bonds. The first-order valence-electron chi connectivity index (χ1n) is 6.78. The van der Waals surface area contributed by atoms with Gasteiger partial charge in [0.05, 0.1) is 5.52 Å². The van der Waals surface area contributed by atoms with E-state index in [1.165, 1.54) is 0 Å². The number of rotatable bonds is 4. The molecule has 0 fully saturated rings. The summed E-state index contributed by atoms with van der Waals surface area (Å²) in [6.45, 7) is 3.01. The van der Waals surface area contributed by atoms with E-state index in [2.05, 4.69) is 51.5 Å². The fourth-order valence-corrected chi connectivity index (χ4v) is 2.14. The number of anilines is 1. The minimum absolute atomic E-state index is 0.824. The minimum Gasteiger partial charge on any atom is -0.368 e. The van der Waals surface area contributed by atoms with Crippen LogP contribution in [0.3, 0.4) is 0 Å². The van der Waals surface area contributed by atoms with Crippen LogP contribution in [-0.2, 0) is 0 Å². The average molecular weight is 264 g/mol. The van der Waals surface area contributed by atoms with Gasteiger partial charge in [-0.3, -0.25) is 9.97 Å². The van der Waals surface area contributed by atoms with Gasteiger partial charge in [0.2, 0.25) is 0 Å². The van der Waals surface area contributed by atoms with Crippen molar-refractivity contribution in [3.63, 3.8) is 0 Å². The first-order valence-corrected chi connectivity index (χ1v) is 6.78. The smallest absolute Gasteiger partial charge is 0.152 e. The third kappa shape index (κ3) is 2.45.